The number of thiophene rings is 1. The fourth-order valence-corrected chi connectivity index (χ4v) is 3.87. The van der Waals surface area contributed by atoms with Crippen molar-refractivity contribution in [1.29, 1.82) is 0 Å². The minimum atomic E-state index is -0.0561. The molecule has 112 valence electrons. The molecule has 3 nitrogen and oxygen atoms in total. The molecular formula is C16H13ClN2OS2. The van der Waals surface area contributed by atoms with Crippen LogP contribution in [0.1, 0.15) is 10.6 Å². The molecule has 3 aromatic rings. The zero-order valence-corrected chi connectivity index (χ0v) is 14.2. The van der Waals surface area contributed by atoms with Gasteiger partial charge in [-0.15, -0.1) is 22.7 Å². The number of carbonyl (C=O) groups is 1. The first-order valence-corrected chi connectivity index (χ1v) is 8.75. The highest BCUT2D eigenvalue weighted by molar-refractivity contribution is 7.19. The summed E-state index contributed by atoms with van der Waals surface area (Å²) in [4.78, 5) is 17.6. The van der Waals surface area contributed by atoms with Crippen LogP contribution in [-0.2, 0) is 11.2 Å². The van der Waals surface area contributed by atoms with Gasteiger partial charge in [-0.1, -0.05) is 29.8 Å². The van der Waals surface area contributed by atoms with Gasteiger partial charge in [0.05, 0.1) is 21.3 Å². The van der Waals surface area contributed by atoms with Gasteiger partial charge in [-0.05, 0) is 30.7 Å². The molecule has 0 saturated heterocycles. The van der Waals surface area contributed by atoms with Crippen LogP contribution >= 0.6 is 34.3 Å². The smallest absolute Gasteiger partial charge is 0.231 e. The second-order valence-electron chi connectivity index (χ2n) is 4.77. The number of halogens is 1. The minimum absolute atomic E-state index is 0.0561. The topological polar surface area (TPSA) is 42.0 Å². The lowest BCUT2D eigenvalue weighted by atomic mass is 10.2. The number of benzene rings is 1. The quantitative estimate of drug-likeness (QED) is 0.719. The van der Waals surface area contributed by atoms with Crippen molar-refractivity contribution >= 4 is 45.9 Å². The Balaban J connectivity index is 1.67. The van der Waals surface area contributed by atoms with Crippen LogP contribution in [0.25, 0.3) is 10.6 Å². The summed E-state index contributed by atoms with van der Waals surface area (Å²) in [6, 6.07) is 11.5. The van der Waals surface area contributed by atoms with Crippen molar-refractivity contribution in [3.05, 3.63) is 56.7 Å². The minimum Gasteiger partial charge on any atom is -0.325 e. The molecule has 2 heterocycles. The number of amides is 1. The molecule has 6 heteroatoms. The molecule has 2 aromatic heterocycles. The number of anilines is 1. The van der Waals surface area contributed by atoms with Gasteiger partial charge >= 0.3 is 0 Å². The van der Waals surface area contributed by atoms with Crippen LogP contribution < -0.4 is 5.32 Å². The molecule has 0 bridgehead atoms. The van der Waals surface area contributed by atoms with Crippen LogP contribution in [0, 0.1) is 6.92 Å². The summed E-state index contributed by atoms with van der Waals surface area (Å²) in [6.45, 7) is 1.97. The summed E-state index contributed by atoms with van der Waals surface area (Å²) in [7, 11) is 0. The number of nitrogens with one attached hydrogen (secondary N) is 1. The first-order chi connectivity index (χ1) is 10.6. The summed E-state index contributed by atoms with van der Waals surface area (Å²) in [6.07, 6.45) is 0.276. The molecule has 3 rings (SSSR count). The van der Waals surface area contributed by atoms with Gasteiger partial charge in [0, 0.05) is 11.1 Å². The van der Waals surface area contributed by atoms with Gasteiger partial charge in [0.2, 0.25) is 5.91 Å². The third-order valence-electron chi connectivity index (χ3n) is 3.11. The van der Waals surface area contributed by atoms with Gasteiger partial charge < -0.3 is 5.32 Å². The van der Waals surface area contributed by atoms with Crippen molar-refractivity contribution in [3.63, 3.8) is 0 Å². The van der Waals surface area contributed by atoms with E-state index in [9.17, 15) is 4.79 Å². The number of carbonyl (C=O) groups excluding carboxylic acids is 1. The van der Waals surface area contributed by atoms with E-state index in [0.717, 1.165) is 31.2 Å². The molecule has 0 spiro atoms. The first kappa shape index (κ1) is 15.2. The van der Waals surface area contributed by atoms with Gasteiger partial charge in [0.15, 0.2) is 0 Å². The van der Waals surface area contributed by atoms with Crippen molar-refractivity contribution in [1.82, 2.24) is 4.98 Å². The van der Waals surface area contributed by atoms with Gasteiger partial charge in [-0.2, -0.15) is 0 Å². The first-order valence-electron chi connectivity index (χ1n) is 6.67. The normalized spacial score (nSPS) is 10.6. The zero-order chi connectivity index (χ0) is 15.5. The molecule has 1 N–H and O–H groups in total. The number of thiazole rings is 1. The van der Waals surface area contributed by atoms with Crippen molar-refractivity contribution in [3.8, 4) is 10.6 Å². The molecule has 0 atom stereocenters. The van der Waals surface area contributed by atoms with E-state index in [1.165, 1.54) is 22.7 Å². The molecule has 0 saturated carbocycles. The van der Waals surface area contributed by atoms with Gasteiger partial charge in [0.1, 0.15) is 5.01 Å². The van der Waals surface area contributed by atoms with E-state index in [4.69, 9.17) is 11.6 Å². The SMILES string of the molecule is Cc1ccccc1NC(=O)Cc1nc(-c2ccc(Cl)s2)cs1. The Morgan fingerprint density at radius 2 is 2.09 bits per heavy atom. The fourth-order valence-electron chi connectivity index (χ4n) is 2.00. The average Bonchev–Trinajstić information content (AvgIpc) is 3.10. The zero-order valence-electron chi connectivity index (χ0n) is 11.8. The molecule has 0 fully saturated rings. The number of rotatable bonds is 4. The maximum Gasteiger partial charge on any atom is 0.231 e. The van der Waals surface area contributed by atoms with E-state index in [-0.39, 0.29) is 12.3 Å². The van der Waals surface area contributed by atoms with Gasteiger partial charge in [-0.3, -0.25) is 4.79 Å². The molecule has 0 aliphatic rings. The number of hydrogen-bond donors (Lipinski definition) is 1. The summed E-state index contributed by atoms with van der Waals surface area (Å²) in [5.41, 5.74) is 2.76. The number of nitrogens with zero attached hydrogens (tertiary/aromatic N) is 1. The van der Waals surface area contributed by atoms with Crippen LogP contribution in [0.5, 0.6) is 0 Å². The second-order valence-corrected chi connectivity index (χ2v) is 7.43. The maximum absolute atomic E-state index is 12.1. The van der Waals surface area contributed by atoms with Crippen molar-refractivity contribution in [2.24, 2.45) is 0 Å². The molecule has 0 unspecified atom stereocenters. The lowest BCUT2D eigenvalue weighted by molar-refractivity contribution is -0.115. The average molecular weight is 349 g/mol. The van der Waals surface area contributed by atoms with Crippen LogP contribution in [0.2, 0.25) is 4.34 Å². The van der Waals surface area contributed by atoms with E-state index < -0.39 is 0 Å². The third kappa shape index (κ3) is 3.55. The van der Waals surface area contributed by atoms with Crippen molar-refractivity contribution in [2.45, 2.75) is 13.3 Å². The molecular weight excluding hydrogens is 336 g/mol. The lowest BCUT2D eigenvalue weighted by Crippen LogP contribution is -2.14. The Morgan fingerprint density at radius 1 is 1.27 bits per heavy atom. The lowest BCUT2D eigenvalue weighted by Gasteiger charge is -2.06. The predicted octanol–water partition coefficient (Wildman–Crippen LogP) is 5.01. The van der Waals surface area contributed by atoms with Crippen LogP contribution in [-0.4, -0.2) is 10.9 Å². The molecule has 0 aliphatic carbocycles. The summed E-state index contributed by atoms with van der Waals surface area (Å²) < 4.78 is 0.738. The number of aromatic nitrogens is 1. The highest BCUT2D eigenvalue weighted by atomic mass is 35.5. The Kier molecular flexibility index (Phi) is 4.57. The third-order valence-corrected chi connectivity index (χ3v) is 5.21. The maximum atomic E-state index is 12.1. The van der Waals surface area contributed by atoms with E-state index in [1.54, 1.807) is 0 Å². The fraction of sp³-hybridized carbons (Fsp3) is 0.125. The highest BCUT2D eigenvalue weighted by Gasteiger charge is 2.11. The largest absolute Gasteiger partial charge is 0.325 e. The van der Waals surface area contributed by atoms with Crippen LogP contribution in [0.4, 0.5) is 5.69 Å². The molecule has 0 aliphatic heterocycles. The van der Waals surface area contributed by atoms with Crippen LogP contribution in [0.3, 0.4) is 0 Å². The Morgan fingerprint density at radius 3 is 2.82 bits per heavy atom. The monoisotopic (exact) mass is 348 g/mol. The Labute approximate surface area is 141 Å². The van der Waals surface area contributed by atoms with Gasteiger partial charge in [-0.25, -0.2) is 4.98 Å². The van der Waals surface area contributed by atoms with E-state index in [0.29, 0.717) is 0 Å². The van der Waals surface area contributed by atoms with Crippen molar-refractivity contribution < 1.29 is 4.79 Å². The molecule has 0 radical (unpaired) electrons. The van der Waals surface area contributed by atoms with Crippen molar-refractivity contribution in [2.75, 3.05) is 5.32 Å². The number of aryl methyl sites for hydroxylation is 1. The Hall–Kier alpha value is -1.69. The van der Waals surface area contributed by atoms with E-state index in [2.05, 4.69) is 10.3 Å². The summed E-state index contributed by atoms with van der Waals surface area (Å²) in [5, 5.41) is 5.67. The predicted molar refractivity (Wildman–Crippen MR) is 93.9 cm³/mol. The van der Waals surface area contributed by atoms with E-state index >= 15 is 0 Å². The highest BCUT2D eigenvalue weighted by Crippen LogP contribution is 2.31. The van der Waals surface area contributed by atoms with Crippen LogP contribution in [0.15, 0.2) is 41.8 Å². The molecule has 1 aromatic carbocycles. The molecule has 22 heavy (non-hydrogen) atoms. The Bertz CT molecular complexity index is 810. The number of para-hydroxylation sites is 1. The standard InChI is InChI=1S/C16H13ClN2OS2/c1-10-4-2-3-5-11(10)18-15(20)8-16-19-12(9-21-16)13-6-7-14(17)22-13/h2-7,9H,8H2,1H3,(H,18,20). The number of hydrogen-bond acceptors (Lipinski definition) is 4. The summed E-state index contributed by atoms with van der Waals surface area (Å²) >= 11 is 8.91. The summed E-state index contributed by atoms with van der Waals surface area (Å²) in [5.74, 6) is -0.0561. The molecule has 1 amide bonds. The van der Waals surface area contributed by atoms with E-state index in [1.807, 2.05) is 48.7 Å². The van der Waals surface area contributed by atoms with Gasteiger partial charge in [0.25, 0.3) is 0 Å². The second kappa shape index (κ2) is 6.60.